The maximum absolute atomic E-state index is 13.2. The number of benzene rings is 2. The first-order valence-corrected chi connectivity index (χ1v) is 10.1. The van der Waals surface area contributed by atoms with E-state index < -0.39 is 34.7 Å². The van der Waals surface area contributed by atoms with Crippen molar-refractivity contribution in [1.82, 2.24) is 9.88 Å². The van der Waals surface area contributed by atoms with Crippen LogP contribution in [0.15, 0.2) is 48.5 Å². The number of nitro benzene ring substituents is 1. The maximum Gasteiger partial charge on any atom is 0.411 e. The number of non-ortho nitro benzene ring substituents is 1. The largest absolute Gasteiger partial charge is 0.480 e. The zero-order chi connectivity index (χ0) is 23.2. The third kappa shape index (κ3) is 3.77. The van der Waals surface area contributed by atoms with E-state index in [1.165, 1.54) is 17.0 Å². The molecule has 2 heterocycles. The van der Waals surface area contributed by atoms with Gasteiger partial charge in [0.1, 0.15) is 17.7 Å². The molecule has 2 atom stereocenters. The summed E-state index contributed by atoms with van der Waals surface area (Å²) in [6, 6.07) is 11.3. The number of rotatable bonds is 3. The number of fused-ring (bicyclic) bond motifs is 3. The first-order chi connectivity index (χ1) is 15.1. The van der Waals surface area contributed by atoms with E-state index in [4.69, 9.17) is 4.74 Å². The molecule has 32 heavy (non-hydrogen) atoms. The van der Waals surface area contributed by atoms with Crippen LogP contribution >= 0.6 is 0 Å². The number of carbonyl (C=O) groups excluding carboxylic acids is 1. The maximum atomic E-state index is 13.2. The second-order valence-electron chi connectivity index (χ2n) is 8.76. The molecule has 1 aromatic heterocycles. The predicted molar refractivity (Wildman–Crippen MR) is 116 cm³/mol. The summed E-state index contributed by atoms with van der Waals surface area (Å²) in [7, 11) is 0. The Hall–Kier alpha value is -3.88. The first-order valence-electron chi connectivity index (χ1n) is 10.1. The molecular formula is C23H23N3O6. The van der Waals surface area contributed by atoms with Gasteiger partial charge >= 0.3 is 12.1 Å². The fourth-order valence-electron chi connectivity index (χ4n) is 4.14. The van der Waals surface area contributed by atoms with Crippen LogP contribution in [0.5, 0.6) is 0 Å². The molecule has 0 spiro atoms. The number of carboxylic acid groups (broad SMARTS) is 1. The van der Waals surface area contributed by atoms with Crippen molar-refractivity contribution in [2.75, 3.05) is 0 Å². The molecule has 2 aromatic carbocycles. The molecule has 1 aliphatic rings. The van der Waals surface area contributed by atoms with Crippen LogP contribution in [-0.4, -0.2) is 43.6 Å². The lowest BCUT2D eigenvalue weighted by Gasteiger charge is -2.40. The van der Waals surface area contributed by atoms with Crippen molar-refractivity contribution in [3.05, 3.63) is 75.5 Å². The van der Waals surface area contributed by atoms with Gasteiger partial charge in [0.05, 0.1) is 4.92 Å². The summed E-state index contributed by atoms with van der Waals surface area (Å²) in [4.78, 5) is 40.7. The number of nitro groups is 1. The van der Waals surface area contributed by atoms with Gasteiger partial charge in [-0.25, -0.2) is 9.59 Å². The van der Waals surface area contributed by atoms with Gasteiger partial charge in [0.25, 0.3) is 5.69 Å². The molecule has 9 nitrogen and oxygen atoms in total. The zero-order valence-electron chi connectivity index (χ0n) is 17.9. The number of hydrogen-bond acceptors (Lipinski definition) is 5. The molecule has 0 aliphatic carbocycles. The lowest BCUT2D eigenvalue weighted by molar-refractivity contribution is -0.384. The van der Waals surface area contributed by atoms with E-state index in [1.807, 2.05) is 24.3 Å². The minimum atomic E-state index is -1.17. The fourth-order valence-corrected chi connectivity index (χ4v) is 4.14. The molecule has 4 rings (SSSR count). The molecule has 2 N–H and O–H groups in total. The second kappa shape index (κ2) is 7.67. The highest BCUT2D eigenvalue weighted by Crippen LogP contribution is 2.42. The molecule has 1 amide bonds. The van der Waals surface area contributed by atoms with Gasteiger partial charge < -0.3 is 14.8 Å². The molecule has 9 heteroatoms. The first kappa shape index (κ1) is 21.4. The summed E-state index contributed by atoms with van der Waals surface area (Å²) in [6.07, 6.45) is -0.658. The van der Waals surface area contributed by atoms with Crippen molar-refractivity contribution >= 4 is 28.7 Å². The molecule has 0 saturated carbocycles. The topological polar surface area (TPSA) is 126 Å². The Bertz CT molecular complexity index is 1210. The van der Waals surface area contributed by atoms with E-state index in [0.717, 1.165) is 16.5 Å². The Morgan fingerprint density at radius 3 is 2.41 bits per heavy atom. The lowest BCUT2D eigenvalue weighted by Crippen LogP contribution is -2.52. The van der Waals surface area contributed by atoms with Crippen LogP contribution in [-0.2, 0) is 16.0 Å². The monoisotopic (exact) mass is 437 g/mol. The van der Waals surface area contributed by atoms with Crippen LogP contribution in [0.25, 0.3) is 10.9 Å². The molecule has 0 radical (unpaired) electrons. The Morgan fingerprint density at radius 1 is 1.16 bits per heavy atom. The van der Waals surface area contributed by atoms with Crippen molar-refractivity contribution in [3.63, 3.8) is 0 Å². The quantitative estimate of drug-likeness (QED) is 0.462. The van der Waals surface area contributed by atoms with Gasteiger partial charge in [0, 0.05) is 35.2 Å². The van der Waals surface area contributed by atoms with E-state index in [-0.39, 0.29) is 12.1 Å². The molecule has 166 valence electrons. The number of amides is 1. The van der Waals surface area contributed by atoms with Gasteiger partial charge in [-0.15, -0.1) is 0 Å². The van der Waals surface area contributed by atoms with Gasteiger partial charge in [-0.1, -0.05) is 18.2 Å². The number of carboxylic acids is 1. The summed E-state index contributed by atoms with van der Waals surface area (Å²) in [5.74, 6) is -1.15. The molecule has 0 unspecified atom stereocenters. The summed E-state index contributed by atoms with van der Waals surface area (Å²) < 4.78 is 5.56. The molecule has 3 aromatic rings. The lowest BCUT2D eigenvalue weighted by atomic mass is 9.88. The van der Waals surface area contributed by atoms with Gasteiger partial charge in [-0.2, -0.15) is 0 Å². The van der Waals surface area contributed by atoms with E-state index in [2.05, 4.69) is 4.98 Å². The minimum absolute atomic E-state index is 0.0972. The minimum Gasteiger partial charge on any atom is -0.480 e. The Balaban J connectivity index is 1.93. The summed E-state index contributed by atoms with van der Waals surface area (Å²) in [5, 5.41) is 22.0. The number of hydrogen-bond donors (Lipinski definition) is 2. The Kier molecular flexibility index (Phi) is 5.12. The fraction of sp³-hybridized carbons (Fsp3) is 0.304. The van der Waals surface area contributed by atoms with Crippen LogP contribution in [0, 0.1) is 10.1 Å². The Labute approximate surface area is 183 Å². The van der Waals surface area contributed by atoms with Crippen molar-refractivity contribution in [2.45, 2.75) is 44.9 Å². The third-order valence-corrected chi connectivity index (χ3v) is 5.44. The van der Waals surface area contributed by atoms with Crippen LogP contribution in [0.1, 0.15) is 43.6 Å². The number of nitrogens with zero attached hydrogens (tertiary/aromatic N) is 2. The number of aromatic nitrogens is 1. The van der Waals surface area contributed by atoms with Crippen molar-refractivity contribution in [2.24, 2.45) is 0 Å². The van der Waals surface area contributed by atoms with E-state index in [0.29, 0.717) is 11.3 Å². The molecular weight excluding hydrogens is 414 g/mol. The standard InChI is InChI=1S/C23H23N3O6/c1-23(2,3)32-22(29)25-18(21(27)28)12-16-15-6-4-5-7-17(15)24-19(16)20(25)13-8-10-14(11-9-13)26(30)31/h4-11,18,20,24H,12H2,1-3H3,(H,27,28)/t18-,20+/m0/s1. The van der Waals surface area contributed by atoms with Gasteiger partial charge in [0.2, 0.25) is 0 Å². The number of aliphatic carboxylic acids is 1. The van der Waals surface area contributed by atoms with Crippen molar-refractivity contribution in [3.8, 4) is 0 Å². The van der Waals surface area contributed by atoms with Crippen LogP contribution in [0.4, 0.5) is 10.5 Å². The van der Waals surface area contributed by atoms with Crippen molar-refractivity contribution in [1.29, 1.82) is 0 Å². The van der Waals surface area contributed by atoms with Crippen LogP contribution in [0.3, 0.4) is 0 Å². The predicted octanol–water partition coefficient (Wildman–Crippen LogP) is 4.41. The van der Waals surface area contributed by atoms with E-state index in [1.54, 1.807) is 32.9 Å². The van der Waals surface area contributed by atoms with Gasteiger partial charge in [-0.3, -0.25) is 15.0 Å². The molecule has 1 aliphatic heterocycles. The third-order valence-electron chi connectivity index (χ3n) is 5.44. The van der Waals surface area contributed by atoms with Crippen LogP contribution < -0.4 is 0 Å². The number of aromatic amines is 1. The summed E-state index contributed by atoms with van der Waals surface area (Å²) >= 11 is 0. The number of nitrogens with one attached hydrogen (secondary N) is 1. The highest BCUT2D eigenvalue weighted by Gasteiger charge is 2.45. The average Bonchev–Trinajstić information content (AvgIpc) is 3.09. The smallest absolute Gasteiger partial charge is 0.411 e. The number of ether oxygens (including phenoxy) is 1. The molecule has 0 saturated heterocycles. The molecule has 0 bridgehead atoms. The van der Waals surface area contributed by atoms with Crippen molar-refractivity contribution < 1.29 is 24.4 Å². The van der Waals surface area contributed by atoms with E-state index in [9.17, 15) is 24.8 Å². The normalized spacial score (nSPS) is 18.3. The highest BCUT2D eigenvalue weighted by molar-refractivity contribution is 5.89. The highest BCUT2D eigenvalue weighted by atomic mass is 16.6. The number of carbonyl (C=O) groups is 2. The van der Waals surface area contributed by atoms with Crippen LogP contribution in [0.2, 0.25) is 0 Å². The van der Waals surface area contributed by atoms with Gasteiger partial charge in [-0.05, 0) is 50.1 Å². The summed E-state index contributed by atoms with van der Waals surface area (Å²) in [6.45, 7) is 5.12. The van der Waals surface area contributed by atoms with Gasteiger partial charge in [0.15, 0.2) is 0 Å². The zero-order valence-corrected chi connectivity index (χ0v) is 17.9. The number of para-hydroxylation sites is 1. The number of H-pyrrole nitrogens is 1. The average molecular weight is 437 g/mol. The summed E-state index contributed by atoms with van der Waals surface area (Å²) in [5.41, 5.74) is 1.90. The van der Waals surface area contributed by atoms with E-state index >= 15 is 0 Å². The second-order valence-corrected chi connectivity index (χ2v) is 8.76. The molecule has 0 fully saturated rings. The Morgan fingerprint density at radius 2 is 1.81 bits per heavy atom. The SMILES string of the molecule is CC(C)(C)OC(=O)N1[C@H](c2ccc([N+](=O)[O-])cc2)c2[nH]c3ccccc3c2C[C@H]1C(=O)O.